The van der Waals surface area contributed by atoms with Gasteiger partial charge in [-0.05, 0) is 0 Å². The summed E-state index contributed by atoms with van der Waals surface area (Å²) in [6.45, 7) is 0. The topological polar surface area (TPSA) is 0 Å². The number of halogens is 10. The lowest BCUT2D eigenvalue weighted by molar-refractivity contribution is 0.236. The fourth-order valence-corrected chi connectivity index (χ4v) is 1.91. The molecular weight excluding hydrogens is 334 g/mol. The Hall–Kier alpha value is -2.00. The third kappa shape index (κ3) is 2.08. The van der Waals surface area contributed by atoms with Crippen molar-refractivity contribution in [2.75, 3.05) is 0 Å². The summed E-state index contributed by atoms with van der Waals surface area (Å²) in [6.07, 6.45) is -3.51. The molecule has 1 aliphatic carbocycles. The van der Waals surface area contributed by atoms with Crippen LogP contribution in [-0.2, 0) is 0 Å². The summed E-state index contributed by atoms with van der Waals surface area (Å²) in [6, 6.07) is 0. The highest BCUT2D eigenvalue weighted by atomic mass is 19.2. The quantitative estimate of drug-likeness (QED) is 0.379. The van der Waals surface area contributed by atoms with Gasteiger partial charge in [0.15, 0.2) is 46.9 Å². The molecule has 2 unspecified atom stereocenters. The van der Waals surface area contributed by atoms with Crippen LogP contribution in [0.1, 0.15) is 11.5 Å². The van der Waals surface area contributed by atoms with Gasteiger partial charge in [0, 0.05) is 5.56 Å². The van der Waals surface area contributed by atoms with Crippen molar-refractivity contribution in [1.29, 1.82) is 0 Å². The summed E-state index contributed by atoms with van der Waals surface area (Å²) in [4.78, 5) is 0. The van der Waals surface area contributed by atoms with Gasteiger partial charge in [-0.25, -0.2) is 43.9 Å². The van der Waals surface area contributed by atoms with E-state index in [1.165, 1.54) is 0 Å². The molecule has 0 aromatic heterocycles. The van der Waals surface area contributed by atoms with E-state index in [0.717, 1.165) is 0 Å². The highest BCUT2D eigenvalue weighted by Gasteiger charge is 2.45. The summed E-state index contributed by atoms with van der Waals surface area (Å²) >= 11 is 0. The van der Waals surface area contributed by atoms with E-state index >= 15 is 0 Å². The molecule has 120 valence electrons. The van der Waals surface area contributed by atoms with E-state index < -0.39 is 70.0 Å². The van der Waals surface area contributed by atoms with E-state index in [-0.39, 0.29) is 0 Å². The maximum atomic E-state index is 13.5. The molecule has 2 rings (SSSR count). The van der Waals surface area contributed by atoms with Gasteiger partial charge in [-0.3, -0.25) is 0 Å². The van der Waals surface area contributed by atoms with E-state index in [0.29, 0.717) is 0 Å². The largest absolute Gasteiger partial charge is 0.238 e. The first kappa shape index (κ1) is 16.4. The molecule has 1 aromatic carbocycles. The normalized spacial score (nSPS) is 22.6. The highest BCUT2D eigenvalue weighted by molar-refractivity contribution is 5.43. The van der Waals surface area contributed by atoms with Gasteiger partial charge >= 0.3 is 0 Å². The number of rotatable bonds is 1. The summed E-state index contributed by atoms with van der Waals surface area (Å²) in [7, 11) is 0. The molecule has 0 spiro atoms. The van der Waals surface area contributed by atoms with E-state index in [9.17, 15) is 43.9 Å². The number of alkyl halides is 1. The van der Waals surface area contributed by atoms with E-state index in [4.69, 9.17) is 0 Å². The van der Waals surface area contributed by atoms with Crippen molar-refractivity contribution in [3.05, 3.63) is 58.0 Å². The van der Waals surface area contributed by atoms with Gasteiger partial charge in [0.1, 0.15) is 5.83 Å². The Kier molecular flexibility index (Phi) is 3.96. The Morgan fingerprint density at radius 2 is 0.864 bits per heavy atom. The number of hydrogen-bond acceptors (Lipinski definition) is 0. The van der Waals surface area contributed by atoms with E-state index in [2.05, 4.69) is 0 Å². The molecule has 0 N–H and O–H groups in total. The zero-order valence-electron chi connectivity index (χ0n) is 9.93. The molecule has 0 amide bonds. The summed E-state index contributed by atoms with van der Waals surface area (Å²) in [5.41, 5.74) is -2.14. The maximum Gasteiger partial charge on any atom is 0.200 e. The average molecular weight is 336 g/mol. The monoisotopic (exact) mass is 336 g/mol. The van der Waals surface area contributed by atoms with Gasteiger partial charge in [-0.15, -0.1) is 0 Å². The second-order valence-corrected chi connectivity index (χ2v) is 4.19. The van der Waals surface area contributed by atoms with Crippen molar-refractivity contribution in [3.8, 4) is 0 Å². The Morgan fingerprint density at radius 3 is 1.32 bits per heavy atom. The zero-order valence-corrected chi connectivity index (χ0v) is 9.93. The van der Waals surface area contributed by atoms with E-state index in [1.807, 2.05) is 0 Å². The second kappa shape index (κ2) is 5.33. The van der Waals surface area contributed by atoms with Crippen LogP contribution in [0.5, 0.6) is 0 Å². The summed E-state index contributed by atoms with van der Waals surface area (Å²) in [5.74, 6) is -26.6. The molecular formula is C12H2F10. The Morgan fingerprint density at radius 1 is 0.500 bits per heavy atom. The van der Waals surface area contributed by atoms with Crippen LogP contribution >= 0.6 is 0 Å². The lowest BCUT2D eigenvalue weighted by Gasteiger charge is -2.24. The second-order valence-electron chi connectivity index (χ2n) is 4.19. The van der Waals surface area contributed by atoms with Gasteiger partial charge < -0.3 is 0 Å². The SMILES string of the molecule is FC1=C(F)C(F)C(c2c(F)c(F)c(F)c(F)c2F)C(F)=C1F. The van der Waals surface area contributed by atoms with Crippen LogP contribution in [0, 0.1) is 29.1 Å². The molecule has 2 atom stereocenters. The summed E-state index contributed by atoms with van der Waals surface area (Å²) < 4.78 is 132. The molecule has 0 aliphatic heterocycles. The lowest BCUT2D eigenvalue weighted by Crippen LogP contribution is -2.25. The molecule has 0 nitrogen and oxygen atoms in total. The molecule has 0 heterocycles. The predicted molar refractivity (Wildman–Crippen MR) is 52.4 cm³/mol. The van der Waals surface area contributed by atoms with Crippen LogP contribution in [0.4, 0.5) is 43.9 Å². The smallest absolute Gasteiger partial charge is 0.200 e. The number of allylic oxidation sites excluding steroid dienone is 4. The van der Waals surface area contributed by atoms with Crippen LogP contribution in [0.3, 0.4) is 0 Å². The number of hydrogen-bond donors (Lipinski definition) is 0. The Bertz CT molecular complexity index is 688. The lowest BCUT2D eigenvalue weighted by atomic mass is 9.87. The average Bonchev–Trinajstić information content (AvgIpc) is 2.50. The Labute approximate surface area is 115 Å². The minimum Gasteiger partial charge on any atom is -0.238 e. The van der Waals surface area contributed by atoms with Gasteiger partial charge in [-0.1, -0.05) is 0 Å². The first-order valence-corrected chi connectivity index (χ1v) is 5.37. The molecule has 22 heavy (non-hydrogen) atoms. The molecule has 10 heteroatoms. The third-order valence-electron chi connectivity index (χ3n) is 2.97. The van der Waals surface area contributed by atoms with Crippen molar-refractivity contribution in [2.24, 2.45) is 0 Å². The van der Waals surface area contributed by atoms with Crippen molar-refractivity contribution < 1.29 is 43.9 Å². The van der Waals surface area contributed by atoms with Crippen molar-refractivity contribution >= 4 is 0 Å². The summed E-state index contributed by atoms with van der Waals surface area (Å²) in [5, 5.41) is 0. The van der Waals surface area contributed by atoms with Gasteiger partial charge in [-0.2, -0.15) is 0 Å². The molecule has 0 saturated heterocycles. The first-order valence-electron chi connectivity index (χ1n) is 5.37. The fourth-order valence-electron chi connectivity index (χ4n) is 1.91. The third-order valence-corrected chi connectivity index (χ3v) is 2.97. The molecule has 0 fully saturated rings. The van der Waals surface area contributed by atoms with Crippen molar-refractivity contribution in [3.63, 3.8) is 0 Å². The van der Waals surface area contributed by atoms with E-state index in [1.54, 1.807) is 0 Å². The first-order chi connectivity index (χ1) is 10.1. The van der Waals surface area contributed by atoms with Crippen LogP contribution in [0.15, 0.2) is 23.3 Å². The van der Waals surface area contributed by atoms with Crippen LogP contribution in [-0.4, -0.2) is 6.17 Å². The van der Waals surface area contributed by atoms with Crippen LogP contribution < -0.4 is 0 Å². The van der Waals surface area contributed by atoms with Crippen molar-refractivity contribution in [1.82, 2.24) is 0 Å². The predicted octanol–water partition coefficient (Wildman–Crippen LogP) is 5.12. The van der Waals surface area contributed by atoms with Crippen LogP contribution in [0.25, 0.3) is 0 Å². The zero-order chi connectivity index (χ0) is 16.9. The Balaban J connectivity index is 2.79. The van der Waals surface area contributed by atoms with Crippen LogP contribution in [0.2, 0.25) is 0 Å². The standard InChI is InChI=1S/C12H2F10/c13-3-1(4(14)8(18)11(21)7(3)17)2-5(15)9(19)12(22)10(20)6(2)16/h1,3H. The number of benzene rings is 1. The minimum absolute atomic E-state index is 2.14. The molecule has 0 radical (unpaired) electrons. The van der Waals surface area contributed by atoms with Crippen molar-refractivity contribution in [2.45, 2.75) is 12.1 Å². The molecule has 0 saturated carbocycles. The van der Waals surface area contributed by atoms with Gasteiger partial charge in [0.25, 0.3) is 0 Å². The molecule has 1 aromatic rings. The van der Waals surface area contributed by atoms with Gasteiger partial charge in [0.2, 0.25) is 5.82 Å². The molecule has 1 aliphatic rings. The minimum atomic E-state index is -3.51. The molecule has 0 bridgehead atoms. The fraction of sp³-hybridized carbons (Fsp3) is 0.167. The van der Waals surface area contributed by atoms with Gasteiger partial charge in [0.05, 0.1) is 5.92 Å². The maximum absolute atomic E-state index is 13.5. The highest BCUT2D eigenvalue weighted by Crippen LogP contribution is 2.46.